The zero-order chi connectivity index (χ0) is 11.7. The van der Waals surface area contributed by atoms with E-state index in [-0.39, 0.29) is 0 Å². The highest BCUT2D eigenvalue weighted by atomic mass is 16.5. The van der Waals surface area contributed by atoms with Crippen LogP contribution in [0.4, 0.5) is 0 Å². The van der Waals surface area contributed by atoms with Crippen molar-refractivity contribution in [2.24, 2.45) is 0 Å². The first kappa shape index (κ1) is 11.2. The molecule has 1 aliphatic carbocycles. The Morgan fingerprint density at radius 3 is 3.06 bits per heavy atom. The number of hydrogen-bond donors (Lipinski definition) is 2. The molecular weight excluding hydrogens is 216 g/mol. The first-order valence-electron chi connectivity index (χ1n) is 6.61. The van der Waals surface area contributed by atoms with E-state index < -0.39 is 0 Å². The van der Waals surface area contributed by atoms with Crippen LogP contribution in [0.2, 0.25) is 0 Å². The van der Waals surface area contributed by atoms with Gasteiger partial charge in [0.15, 0.2) is 5.82 Å². The Kier molecular flexibility index (Phi) is 3.11. The highest BCUT2D eigenvalue weighted by Gasteiger charge is 2.34. The number of aromatic nitrogens is 3. The number of H-pyrrole nitrogens is 1. The SMILES string of the molecule is CCCNC1COCC1c1nc(C2CC2)n[nH]1. The third kappa shape index (κ3) is 2.35. The van der Waals surface area contributed by atoms with E-state index >= 15 is 0 Å². The Hall–Kier alpha value is -0.940. The fourth-order valence-corrected chi connectivity index (χ4v) is 2.33. The second kappa shape index (κ2) is 4.74. The molecule has 1 saturated carbocycles. The Morgan fingerprint density at radius 2 is 2.29 bits per heavy atom. The minimum Gasteiger partial charge on any atom is -0.379 e. The summed E-state index contributed by atoms with van der Waals surface area (Å²) in [4.78, 5) is 4.63. The molecule has 94 valence electrons. The van der Waals surface area contributed by atoms with Crippen LogP contribution in [0.3, 0.4) is 0 Å². The molecule has 0 aromatic carbocycles. The number of nitrogens with one attached hydrogen (secondary N) is 2. The van der Waals surface area contributed by atoms with Gasteiger partial charge in [-0.2, -0.15) is 5.10 Å². The fourth-order valence-electron chi connectivity index (χ4n) is 2.33. The Balaban J connectivity index is 1.67. The van der Waals surface area contributed by atoms with Crippen molar-refractivity contribution in [2.75, 3.05) is 19.8 Å². The van der Waals surface area contributed by atoms with Crippen molar-refractivity contribution in [3.05, 3.63) is 11.6 Å². The monoisotopic (exact) mass is 236 g/mol. The molecule has 2 heterocycles. The summed E-state index contributed by atoms with van der Waals surface area (Å²) >= 11 is 0. The summed E-state index contributed by atoms with van der Waals surface area (Å²) in [6.07, 6.45) is 3.64. The van der Waals surface area contributed by atoms with E-state index in [1.165, 1.54) is 12.8 Å². The van der Waals surface area contributed by atoms with E-state index in [0.29, 0.717) is 17.9 Å². The van der Waals surface area contributed by atoms with Crippen molar-refractivity contribution in [3.63, 3.8) is 0 Å². The topological polar surface area (TPSA) is 62.8 Å². The number of nitrogens with zero attached hydrogens (tertiary/aromatic N) is 2. The number of aromatic amines is 1. The Labute approximate surface area is 101 Å². The van der Waals surface area contributed by atoms with E-state index in [9.17, 15) is 0 Å². The molecule has 2 N–H and O–H groups in total. The van der Waals surface area contributed by atoms with Crippen molar-refractivity contribution in [3.8, 4) is 0 Å². The molecule has 0 spiro atoms. The zero-order valence-electron chi connectivity index (χ0n) is 10.3. The summed E-state index contributed by atoms with van der Waals surface area (Å²) in [5, 5.41) is 10.9. The van der Waals surface area contributed by atoms with Crippen LogP contribution in [0.1, 0.15) is 49.7 Å². The van der Waals surface area contributed by atoms with Gasteiger partial charge in [-0.3, -0.25) is 5.10 Å². The molecule has 0 bridgehead atoms. The lowest BCUT2D eigenvalue weighted by atomic mass is 10.0. The highest BCUT2D eigenvalue weighted by molar-refractivity contribution is 5.10. The maximum absolute atomic E-state index is 5.56. The Bertz CT molecular complexity index is 374. The Morgan fingerprint density at radius 1 is 1.41 bits per heavy atom. The minimum atomic E-state index is 0.335. The summed E-state index contributed by atoms with van der Waals surface area (Å²) < 4.78 is 5.56. The molecule has 5 nitrogen and oxygen atoms in total. The van der Waals surface area contributed by atoms with Crippen molar-refractivity contribution in [1.82, 2.24) is 20.5 Å². The van der Waals surface area contributed by atoms with Crippen molar-refractivity contribution in [2.45, 2.75) is 44.1 Å². The fraction of sp³-hybridized carbons (Fsp3) is 0.833. The van der Waals surface area contributed by atoms with E-state index in [2.05, 4.69) is 27.4 Å². The number of ether oxygens (including phenoxy) is 1. The van der Waals surface area contributed by atoms with Gasteiger partial charge in [0.2, 0.25) is 0 Å². The van der Waals surface area contributed by atoms with Gasteiger partial charge in [-0.1, -0.05) is 6.92 Å². The smallest absolute Gasteiger partial charge is 0.153 e. The first-order valence-corrected chi connectivity index (χ1v) is 6.61. The van der Waals surface area contributed by atoms with E-state index in [0.717, 1.165) is 37.8 Å². The lowest BCUT2D eigenvalue weighted by Crippen LogP contribution is -2.35. The molecular formula is C12H20N4O. The number of rotatable bonds is 5. The molecule has 1 aromatic heterocycles. The van der Waals surface area contributed by atoms with E-state index in [4.69, 9.17) is 4.74 Å². The van der Waals surface area contributed by atoms with Crippen molar-refractivity contribution >= 4 is 0 Å². The molecule has 1 aromatic rings. The van der Waals surface area contributed by atoms with Gasteiger partial charge in [-0.05, 0) is 25.8 Å². The van der Waals surface area contributed by atoms with E-state index in [1.807, 2.05) is 0 Å². The second-order valence-corrected chi connectivity index (χ2v) is 5.06. The van der Waals surface area contributed by atoms with Gasteiger partial charge in [-0.15, -0.1) is 0 Å². The molecule has 0 radical (unpaired) electrons. The van der Waals surface area contributed by atoms with Gasteiger partial charge in [0.25, 0.3) is 0 Å². The van der Waals surface area contributed by atoms with E-state index in [1.54, 1.807) is 0 Å². The summed E-state index contributed by atoms with van der Waals surface area (Å²) in [5.41, 5.74) is 0. The summed E-state index contributed by atoms with van der Waals surface area (Å²) in [5.74, 6) is 2.95. The largest absolute Gasteiger partial charge is 0.379 e. The van der Waals surface area contributed by atoms with Gasteiger partial charge in [0.1, 0.15) is 5.82 Å². The molecule has 5 heteroatoms. The van der Waals surface area contributed by atoms with Gasteiger partial charge in [-0.25, -0.2) is 4.98 Å². The summed E-state index contributed by atoms with van der Waals surface area (Å²) in [6, 6.07) is 0.384. The van der Waals surface area contributed by atoms with Crippen molar-refractivity contribution in [1.29, 1.82) is 0 Å². The average molecular weight is 236 g/mol. The second-order valence-electron chi connectivity index (χ2n) is 5.06. The third-order valence-corrected chi connectivity index (χ3v) is 3.55. The molecule has 2 aliphatic rings. The first-order chi connectivity index (χ1) is 8.38. The molecule has 2 fully saturated rings. The molecule has 2 unspecified atom stereocenters. The van der Waals surface area contributed by atoms with Crippen LogP contribution >= 0.6 is 0 Å². The van der Waals surface area contributed by atoms with Crippen molar-refractivity contribution < 1.29 is 4.74 Å². The predicted molar refractivity (Wildman–Crippen MR) is 64.0 cm³/mol. The molecule has 1 saturated heterocycles. The summed E-state index contributed by atoms with van der Waals surface area (Å²) in [7, 11) is 0. The van der Waals surface area contributed by atoms with Crippen LogP contribution in [0.25, 0.3) is 0 Å². The minimum absolute atomic E-state index is 0.335. The normalized spacial score (nSPS) is 28.8. The molecule has 3 rings (SSSR count). The van der Waals surface area contributed by atoms with Crippen LogP contribution in [-0.4, -0.2) is 41.0 Å². The van der Waals surface area contributed by atoms with Crippen LogP contribution in [0.5, 0.6) is 0 Å². The maximum Gasteiger partial charge on any atom is 0.153 e. The van der Waals surface area contributed by atoms with Crippen LogP contribution in [-0.2, 0) is 4.74 Å². The van der Waals surface area contributed by atoms with Crippen LogP contribution in [0.15, 0.2) is 0 Å². The zero-order valence-corrected chi connectivity index (χ0v) is 10.3. The standard InChI is InChI=1S/C12H20N4O/c1-2-5-13-10-7-17-6-9(10)12-14-11(15-16-12)8-3-4-8/h8-10,13H,2-7H2,1H3,(H,14,15,16). The lowest BCUT2D eigenvalue weighted by molar-refractivity contribution is 0.187. The van der Waals surface area contributed by atoms with Crippen LogP contribution in [0, 0.1) is 0 Å². The van der Waals surface area contributed by atoms with Gasteiger partial charge in [0, 0.05) is 12.0 Å². The molecule has 1 aliphatic heterocycles. The highest BCUT2D eigenvalue weighted by Crippen LogP contribution is 2.38. The average Bonchev–Trinajstić information content (AvgIpc) is 2.92. The van der Waals surface area contributed by atoms with Gasteiger partial charge in [0.05, 0.1) is 19.1 Å². The molecule has 2 atom stereocenters. The van der Waals surface area contributed by atoms with Gasteiger partial charge >= 0.3 is 0 Å². The third-order valence-electron chi connectivity index (χ3n) is 3.55. The van der Waals surface area contributed by atoms with Gasteiger partial charge < -0.3 is 10.1 Å². The summed E-state index contributed by atoms with van der Waals surface area (Å²) in [6.45, 7) is 4.75. The maximum atomic E-state index is 5.56. The van der Waals surface area contributed by atoms with Crippen LogP contribution < -0.4 is 5.32 Å². The predicted octanol–water partition coefficient (Wildman–Crippen LogP) is 1.16. The number of hydrogen-bond acceptors (Lipinski definition) is 4. The molecule has 17 heavy (non-hydrogen) atoms. The quantitative estimate of drug-likeness (QED) is 0.805. The lowest BCUT2D eigenvalue weighted by Gasteiger charge is -2.16. The molecule has 0 amide bonds.